The Labute approximate surface area is 128 Å². The van der Waals surface area contributed by atoms with Crippen LogP contribution in [0.2, 0.25) is 0 Å². The lowest BCUT2D eigenvalue weighted by Crippen LogP contribution is -1.91. The van der Waals surface area contributed by atoms with E-state index >= 15 is 0 Å². The summed E-state index contributed by atoms with van der Waals surface area (Å²) in [4.78, 5) is 0.712. The van der Waals surface area contributed by atoms with Gasteiger partial charge in [-0.05, 0) is 42.8 Å². The fourth-order valence-electron chi connectivity index (χ4n) is 1.52. The maximum absolute atomic E-state index is 12.2. The molecule has 0 saturated carbocycles. The van der Waals surface area contributed by atoms with E-state index in [-0.39, 0.29) is 0 Å². The van der Waals surface area contributed by atoms with Crippen molar-refractivity contribution in [2.75, 3.05) is 0 Å². The maximum atomic E-state index is 12.2. The lowest BCUT2D eigenvalue weighted by molar-refractivity contribution is 0.688. The molecule has 0 aliphatic carbocycles. The van der Waals surface area contributed by atoms with Crippen molar-refractivity contribution in [1.29, 1.82) is 0 Å². The molecule has 1 atom stereocenters. The van der Waals surface area contributed by atoms with Gasteiger partial charge in [0.05, 0.1) is 10.8 Å². The summed E-state index contributed by atoms with van der Waals surface area (Å²) in [6.07, 6.45) is 1.73. The van der Waals surface area contributed by atoms with Crippen LogP contribution in [0.3, 0.4) is 0 Å². The molecule has 19 heavy (non-hydrogen) atoms. The zero-order chi connectivity index (χ0) is 13.8. The molecular formula is C15H12BrClOS. The highest BCUT2D eigenvalue weighted by molar-refractivity contribution is 9.10. The average Bonchev–Trinajstić information content (AvgIpc) is 2.41. The Morgan fingerprint density at radius 3 is 2.26 bits per heavy atom. The molecule has 2 aromatic rings. The molecule has 0 saturated heterocycles. The van der Waals surface area contributed by atoms with Gasteiger partial charge in [-0.15, -0.1) is 0 Å². The molecule has 0 heterocycles. The number of rotatable bonds is 3. The molecule has 0 aliphatic heterocycles. The first-order valence-electron chi connectivity index (χ1n) is 5.67. The van der Waals surface area contributed by atoms with Crippen LogP contribution in [0, 0.1) is 6.92 Å². The molecule has 0 fully saturated rings. The second kappa shape index (κ2) is 6.51. The normalized spacial score (nSPS) is 13.3. The van der Waals surface area contributed by atoms with E-state index in [0.717, 1.165) is 15.6 Å². The Kier molecular flexibility index (Phi) is 4.97. The van der Waals surface area contributed by atoms with Gasteiger partial charge in [0.15, 0.2) is 0 Å². The third-order valence-corrected chi connectivity index (χ3v) is 4.79. The monoisotopic (exact) mass is 354 g/mol. The number of hydrogen-bond donors (Lipinski definition) is 0. The van der Waals surface area contributed by atoms with Crippen LogP contribution in [0.5, 0.6) is 0 Å². The molecule has 0 amide bonds. The van der Waals surface area contributed by atoms with Crippen molar-refractivity contribution in [2.45, 2.75) is 11.8 Å². The molecule has 0 aliphatic rings. The van der Waals surface area contributed by atoms with E-state index in [2.05, 4.69) is 15.9 Å². The highest BCUT2D eigenvalue weighted by atomic mass is 79.9. The van der Waals surface area contributed by atoms with E-state index in [4.69, 9.17) is 11.6 Å². The molecule has 2 aromatic carbocycles. The summed E-state index contributed by atoms with van der Waals surface area (Å²) in [6.45, 7) is 1.99. The van der Waals surface area contributed by atoms with Gasteiger partial charge in [-0.1, -0.05) is 57.4 Å². The highest BCUT2D eigenvalue weighted by Gasteiger charge is 2.07. The second-order valence-corrected chi connectivity index (χ2v) is 7.08. The van der Waals surface area contributed by atoms with Gasteiger partial charge >= 0.3 is 0 Å². The van der Waals surface area contributed by atoms with Crippen LogP contribution in [-0.4, -0.2) is 4.21 Å². The average molecular weight is 356 g/mol. The van der Waals surface area contributed by atoms with Crippen molar-refractivity contribution >= 4 is 44.4 Å². The van der Waals surface area contributed by atoms with Crippen molar-refractivity contribution in [2.24, 2.45) is 0 Å². The topological polar surface area (TPSA) is 17.1 Å². The van der Waals surface area contributed by atoms with E-state index in [0.29, 0.717) is 9.26 Å². The molecule has 2 rings (SSSR count). The summed E-state index contributed by atoms with van der Waals surface area (Å²) in [5, 5.41) is 0. The van der Waals surface area contributed by atoms with Crippen LogP contribution in [0.15, 0.2) is 62.3 Å². The Bertz CT molecular complexity index is 618. The number of aryl methyl sites for hydroxylation is 1. The minimum Gasteiger partial charge on any atom is -0.248 e. The minimum absolute atomic E-state index is 0.325. The number of halogens is 2. The summed E-state index contributed by atoms with van der Waals surface area (Å²) in [5.41, 5.74) is 2.06. The predicted octanol–water partition coefficient (Wildman–Crippen LogP) is 5.10. The number of hydrogen-bond acceptors (Lipinski definition) is 1. The van der Waals surface area contributed by atoms with Gasteiger partial charge in [-0.2, -0.15) is 0 Å². The third kappa shape index (κ3) is 4.03. The standard InChI is InChI=1S/C15H12BrClOS/c1-11-2-8-14(9-3-11)19(18)15(17)10-12-4-6-13(16)7-5-12/h2-10H,1H3/b15-10+/t19-/m0/s1. The molecule has 1 nitrogen and oxygen atoms in total. The van der Waals surface area contributed by atoms with Crippen molar-refractivity contribution in [3.05, 3.63) is 68.5 Å². The van der Waals surface area contributed by atoms with Gasteiger partial charge < -0.3 is 0 Å². The van der Waals surface area contributed by atoms with Crippen LogP contribution in [0.1, 0.15) is 11.1 Å². The molecule has 0 N–H and O–H groups in total. The van der Waals surface area contributed by atoms with Crippen molar-refractivity contribution in [1.82, 2.24) is 0 Å². The van der Waals surface area contributed by atoms with Crippen molar-refractivity contribution in [3.8, 4) is 0 Å². The van der Waals surface area contributed by atoms with E-state index < -0.39 is 10.8 Å². The summed E-state index contributed by atoms with van der Waals surface area (Å²) in [6, 6.07) is 15.2. The van der Waals surface area contributed by atoms with E-state index in [1.165, 1.54) is 0 Å². The SMILES string of the molecule is Cc1ccc([S@](=O)/C(Cl)=C/c2ccc(Br)cc2)cc1. The quantitative estimate of drug-likeness (QED) is 0.748. The van der Waals surface area contributed by atoms with Crippen LogP contribution in [0.25, 0.3) is 6.08 Å². The van der Waals surface area contributed by atoms with Crippen molar-refractivity contribution in [3.63, 3.8) is 0 Å². The first kappa shape index (κ1) is 14.5. The summed E-state index contributed by atoms with van der Waals surface area (Å²) in [5.74, 6) is 0. The van der Waals surface area contributed by atoms with Crippen LogP contribution < -0.4 is 0 Å². The van der Waals surface area contributed by atoms with Crippen LogP contribution in [0.4, 0.5) is 0 Å². The largest absolute Gasteiger partial charge is 0.248 e. The third-order valence-electron chi connectivity index (χ3n) is 2.56. The molecule has 4 heteroatoms. The van der Waals surface area contributed by atoms with Crippen LogP contribution >= 0.6 is 27.5 Å². The lowest BCUT2D eigenvalue weighted by Gasteiger charge is -2.02. The van der Waals surface area contributed by atoms with Gasteiger partial charge in [0.2, 0.25) is 0 Å². The fourth-order valence-corrected chi connectivity index (χ4v) is 3.03. The zero-order valence-electron chi connectivity index (χ0n) is 10.3. The zero-order valence-corrected chi connectivity index (χ0v) is 13.4. The Morgan fingerprint density at radius 2 is 1.68 bits per heavy atom. The van der Waals surface area contributed by atoms with Gasteiger partial charge in [0, 0.05) is 9.37 Å². The molecule has 98 valence electrons. The summed E-state index contributed by atoms with van der Waals surface area (Å²) in [7, 11) is -1.33. The Hall–Kier alpha value is -0.900. The Morgan fingerprint density at radius 1 is 1.11 bits per heavy atom. The Balaban J connectivity index is 2.23. The van der Waals surface area contributed by atoms with E-state index in [9.17, 15) is 4.21 Å². The minimum atomic E-state index is -1.33. The van der Waals surface area contributed by atoms with Gasteiger partial charge in [-0.25, -0.2) is 4.21 Å². The molecule has 0 aromatic heterocycles. The molecular weight excluding hydrogens is 344 g/mol. The fraction of sp³-hybridized carbons (Fsp3) is 0.0667. The lowest BCUT2D eigenvalue weighted by atomic mass is 10.2. The second-order valence-electron chi connectivity index (χ2n) is 4.08. The first-order chi connectivity index (χ1) is 9.06. The predicted molar refractivity (Wildman–Crippen MR) is 85.6 cm³/mol. The van der Waals surface area contributed by atoms with Gasteiger partial charge in [0.1, 0.15) is 4.36 Å². The number of benzene rings is 2. The van der Waals surface area contributed by atoms with E-state index in [1.807, 2.05) is 55.5 Å². The first-order valence-corrected chi connectivity index (χ1v) is 7.99. The highest BCUT2D eigenvalue weighted by Crippen LogP contribution is 2.21. The van der Waals surface area contributed by atoms with Gasteiger partial charge in [-0.3, -0.25) is 0 Å². The van der Waals surface area contributed by atoms with Gasteiger partial charge in [0.25, 0.3) is 0 Å². The molecule has 0 radical (unpaired) electrons. The smallest absolute Gasteiger partial charge is 0.110 e. The van der Waals surface area contributed by atoms with Crippen molar-refractivity contribution < 1.29 is 4.21 Å². The summed E-state index contributed by atoms with van der Waals surface area (Å²) >= 11 is 9.50. The molecule has 0 unspecified atom stereocenters. The molecule has 0 bridgehead atoms. The summed E-state index contributed by atoms with van der Waals surface area (Å²) < 4.78 is 13.6. The maximum Gasteiger partial charge on any atom is 0.110 e. The van der Waals surface area contributed by atoms with Crippen LogP contribution in [-0.2, 0) is 10.8 Å². The molecule has 0 spiro atoms. The van der Waals surface area contributed by atoms with E-state index in [1.54, 1.807) is 6.08 Å².